The summed E-state index contributed by atoms with van der Waals surface area (Å²) >= 11 is 5.86. The van der Waals surface area contributed by atoms with Crippen LogP contribution in [0.2, 0.25) is 5.02 Å². The normalized spacial score (nSPS) is 12.2. The Kier molecular flexibility index (Phi) is 6.01. The molecule has 1 aromatic rings. The molecule has 0 bridgehead atoms. The van der Waals surface area contributed by atoms with Crippen molar-refractivity contribution in [1.29, 1.82) is 0 Å². The maximum atomic E-state index is 11.5. The van der Waals surface area contributed by atoms with E-state index in [2.05, 4.69) is 5.32 Å². The second kappa shape index (κ2) is 7.30. The van der Waals surface area contributed by atoms with Crippen molar-refractivity contribution in [3.63, 3.8) is 0 Å². The molecule has 1 aromatic carbocycles. The zero-order valence-corrected chi connectivity index (χ0v) is 10.8. The first kappa shape index (κ1) is 14.0. The fourth-order valence-corrected chi connectivity index (χ4v) is 1.64. The van der Waals surface area contributed by atoms with Crippen LogP contribution in [0.25, 0.3) is 0 Å². The Labute approximate surface area is 107 Å². The van der Waals surface area contributed by atoms with Gasteiger partial charge < -0.3 is 11.1 Å². The Morgan fingerprint density at radius 3 is 2.94 bits per heavy atom. The van der Waals surface area contributed by atoms with Gasteiger partial charge in [0.1, 0.15) is 0 Å². The number of benzene rings is 1. The highest BCUT2D eigenvalue weighted by Crippen LogP contribution is 2.10. The first-order chi connectivity index (χ1) is 8.11. The van der Waals surface area contributed by atoms with Gasteiger partial charge >= 0.3 is 0 Å². The van der Waals surface area contributed by atoms with Crippen molar-refractivity contribution in [2.75, 3.05) is 6.54 Å². The lowest BCUT2D eigenvalue weighted by molar-refractivity contribution is -0.121. The van der Waals surface area contributed by atoms with E-state index in [1.165, 1.54) is 0 Å². The molecule has 0 aromatic heterocycles. The molecule has 0 aliphatic heterocycles. The average Bonchev–Trinajstić information content (AvgIpc) is 2.33. The Hall–Kier alpha value is -1.06. The van der Waals surface area contributed by atoms with Crippen LogP contribution in [0.1, 0.15) is 25.3 Å². The van der Waals surface area contributed by atoms with Crippen molar-refractivity contribution < 1.29 is 4.79 Å². The second-order valence-corrected chi connectivity index (χ2v) is 4.72. The third kappa shape index (κ3) is 5.71. The number of rotatable bonds is 6. The first-order valence-electron chi connectivity index (χ1n) is 5.83. The van der Waals surface area contributed by atoms with Crippen LogP contribution in [0, 0.1) is 5.92 Å². The second-order valence-electron chi connectivity index (χ2n) is 4.29. The summed E-state index contributed by atoms with van der Waals surface area (Å²) in [6.45, 7) is 3.20. The van der Waals surface area contributed by atoms with Gasteiger partial charge in [0.25, 0.3) is 0 Å². The number of halogens is 1. The minimum Gasteiger partial charge on any atom is -0.352 e. The maximum absolute atomic E-state index is 11.5. The molecule has 1 amide bonds. The van der Waals surface area contributed by atoms with E-state index in [4.69, 9.17) is 17.3 Å². The molecular formula is C13H19ClN2O. The zero-order valence-electron chi connectivity index (χ0n) is 10.1. The van der Waals surface area contributed by atoms with Crippen LogP contribution in [-0.2, 0) is 11.3 Å². The zero-order chi connectivity index (χ0) is 12.7. The molecule has 3 nitrogen and oxygen atoms in total. The van der Waals surface area contributed by atoms with E-state index in [1.807, 2.05) is 31.2 Å². The minimum atomic E-state index is 0.0604. The summed E-state index contributed by atoms with van der Waals surface area (Å²) in [5, 5.41) is 3.56. The molecule has 94 valence electrons. The molecule has 1 atom stereocenters. The lowest BCUT2D eigenvalue weighted by Crippen LogP contribution is -2.23. The standard InChI is InChI=1S/C13H19ClN2O/c1-10(8-15)5-6-13(17)16-9-11-3-2-4-12(14)7-11/h2-4,7,10H,5-6,8-9,15H2,1H3,(H,16,17). The van der Waals surface area contributed by atoms with Crippen molar-refractivity contribution in [3.05, 3.63) is 34.9 Å². The molecule has 0 heterocycles. The Balaban J connectivity index is 2.28. The summed E-state index contributed by atoms with van der Waals surface area (Å²) in [7, 11) is 0. The van der Waals surface area contributed by atoms with Gasteiger partial charge in [-0.15, -0.1) is 0 Å². The number of amides is 1. The van der Waals surface area contributed by atoms with Gasteiger partial charge in [-0.05, 0) is 36.6 Å². The monoisotopic (exact) mass is 254 g/mol. The van der Waals surface area contributed by atoms with Gasteiger partial charge in [-0.2, -0.15) is 0 Å². The van der Waals surface area contributed by atoms with Crippen LogP contribution < -0.4 is 11.1 Å². The summed E-state index contributed by atoms with van der Waals surface area (Å²) in [4.78, 5) is 11.5. The fraction of sp³-hybridized carbons (Fsp3) is 0.462. The molecule has 0 radical (unpaired) electrons. The lowest BCUT2D eigenvalue weighted by Gasteiger charge is -2.08. The van der Waals surface area contributed by atoms with Crippen LogP contribution in [0.5, 0.6) is 0 Å². The smallest absolute Gasteiger partial charge is 0.220 e. The minimum absolute atomic E-state index is 0.0604. The maximum Gasteiger partial charge on any atom is 0.220 e. The molecule has 0 aliphatic carbocycles. The highest BCUT2D eigenvalue weighted by molar-refractivity contribution is 6.30. The molecule has 0 fully saturated rings. The van der Waals surface area contributed by atoms with Crippen molar-refractivity contribution in [2.45, 2.75) is 26.3 Å². The molecule has 3 N–H and O–H groups in total. The molecule has 0 saturated heterocycles. The van der Waals surface area contributed by atoms with Gasteiger partial charge in [0, 0.05) is 18.0 Å². The summed E-state index contributed by atoms with van der Waals surface area (Å²) in [6, 6.07) is 7.48. The molecule has 1 rings (SSSR count). The third-order valence-corrected chi connectivity index (χ3v) is 2.88. The quantitative estimate of drug-likeness (QED) is 0.819. The van der Waals surface area contributed by atoms with Gasteiger partial charge in [-0.25, -0.2) is 0 Å². The Morgan fingerprint density at radius 2 is 2.29 bits per heavy atom. The number of nitrogens with one attached hydrogen (secondary N) is 1. The highest BCUT2D eigenvalue weighted by atomic mass is 35.5. The number of carbonyl (C=O) groups excluding carboxylic acids is 1. The van der Waals surface area contributed by atoms with Crippen molar-refractivity contribution in [1.82, 2.24) is 5.32 Å². The fourth-order valence-electron chi connectivity index (χ4n) is 1.43. The molecule has 0 spiro atoms. The largest absolute Gasteiger partial charge is 0.352 e. The van der Waals surface area contributed by atoms with Crippen molar-refractivity contribution >= 4 is 17.5 Å². The number of nitrogens with two attached hydrogens (primary N) is 1. The van der Waals surface area contributed by atoms with E-state index >= 15 is 0 Å². The van der Waals surface area contributed by atoms with Crippen molar-refractivity contribution in [2.24, 2.45) is 11.7 Å². The topological polar surface area (TPSA) is 55.1 Å². The SMILES string of the molecule is CC(CN)CCC(=O)NCc1cccc(Cl)c1. The highest BCUT2D eigenvalue weighted by Gasteiger charge is 2.05. The molecule has 0 aliphatic rings. The molecule has 4 heteroatoms. The third-order valence-electron chi connectivity index (χ3n) is 2.65. The van der Waals surface area contributed by atoms with Gasteiger partial charge in [0.15, 0.2) is 0 Å². The average molecular weight is 255 g/mol. The lowest BCUT2D eigenvalue weighted by atomic mass is 10.1. The Bertz CT molecular complexity index is 368. The Morgan fingerprint density at radius 1 is 1.53 bits per heavy atom. The van der Waals surface area contributed by atoms with Crippen LogP contribution in [0.3, 0.4) is 0 Å². The molecule has 17 heavy (non-hydrogen) atoms. The molecule has 1 unspecified atom stereocenters. The summed E-state index contributed by atoms with van der Waals surface area (Å²) < 4.78 is 0. The molecular weight excluding hydrogens is 236 g/mol. The van der Waals surface area contributed by atoms with Gasteiger partial charge in [-0.3, -0.25) is 4.79 Å². The van der Waals surface area contributed by atoms with Crippen molar-refractivity contribution in [3.8, 4) is 0 Å². The van der Waals surface area contributed by atoms with Gasteiger partial charge in [-0.1, -0.05) is 30.7 Å². The first-order valence-corrected chi connectivity index (χ1v) is 6.21. The van der Waals surface area contributed by atoms with E-state index in [9.17, 15) is 4.79 Å². The predicted octanol–water partition coefficient (Wildman–Crippen LogP) is 2.33. The van der Waals surface area contributed by atoms with Crippen LogP contribution in [-0.4, -0.2) is 12.5 Å². The van der Waals surface area contributed by atoms with E-state index in [0.717, 1.165) is 12.0 Å². The van der Waals surface area contributed by atoms with Crippen LogP contribution in [0.4, 0.5) is 0 Å². The predicted molar refractivity (Wildman–Crippen MR) is 70.8 cm³/mol. The van der Waals surface area contributed by atoms with Gasteiger partial charge in [0.05, 0.1) is 0 Å². The number of hydrogen-bond donors (Lipinski definition) is 2. The van der Waals surface area contributed by atoms with Crippen LogP contribution in [0.15, 0.2) is 24.3 Å². The number of hydrogen-bond acceptors (Lipinski definition) is 2. The van der Waals surface area contributed by atoms with Gasteiger partial charge in [0.2, 0.25) is 5.91 Å². The molecule has 0 saturated carbocycles. The summed E-state index contributed by atoms with van der Waals surface area (Å²) in [5.74, 6) is 0.456. The van der Waals surface area contributed by atoms with E-state index < -0.39 is 0 Å². The van der Waals surface area contributed by atoms with E-state index in [1.54, 1.807) is 0 Å². The van der Waals surface area contributed by atoms with E-state index in [-0.39, 0.29) is 5.91 Å². The van der Waals surface area contributed by atoms with E-state index in [0.29, 0.717) is 30.5 Å². The summed E-state index contributed by atoms with van der Waals surface area (Å²) in [5.41, 5.74) is 6.51. The number of carbonyl (C=O) groups is 1. The van der Waals surface area contributed by atoms with Crippen LogP contribution >= 0.6 is 11.6 Å². The summed E-state index contributed by atoms with van der Waals surface area (Å²) in [6.07, 6.45) is 1.36.